The van der Waals surface area contributed by atoms with Crippen LogP contribution >= 0.6 is 0 Å². The molecule has 2 aliphatic rings. The molecular formula is C28H30N2O5S. The van der Waals surface area contributed by atoms with Crippen molar-refractivity contribution >= 4 is 21.4 Å². The van der Waals surface area contributed by atoms with Crippen molar-refractivity contribution in [2.24, 2.45) is 5.92 Å². The van der Waals surface area contributed by atoms with Crippen LogP contribution in [0.15, 0.2) is 71.6 Å². The Balaban J connectivity index is 1.50. The Morgan fingerprint density at radius 1 is 0.917 bits per heavy atom. The van der Waals surface area contributed by atoms with E-state index in [1.807, 2.05) is 37.3 Å². The van der Waals surface area contributed by atoms with E-state index in [0.29, 0.717) is 22.9 Å². The van der Waals surface area contributed by atoms with Gasteiger partial charge in [0.2, 0.25) is 5.75 Å². The van der Waals surface area contributed by atoms with E-state index in [9.17, 15) is 8.42 Å². The molecule has 188 valence electrons. The van der Waals surface area contributed by atoms with Gasteiger partial charge in [0.15, 0.2) is 11.5 Å². The zero-order chi connectivity index (χ0) is 25.4. The predicted molar refractivity (Wildman–Crippen MR) is 141 cm³/mol. The zero-order valence-electron chi connectivity index (χ0n) is 20.7. The SMILES string of the molecule is COc1cc([C@H]2Nc3ccc(S(=O)(=O)Nc4ccc(C)cc4)cc3[C@H]3C=CC[C@H]32)cc(OC)c1OC. The van der Waals surface area contributed by atoms with Crippen molar-refractivity contribution in [3.8, 4) is 17.2 Å². The molecule has 1 heterocycles. The first-order valence-electron chi connectivity index (χ1n) is 11.8. The van der Waals surface area contributed by atoms with E-state index >= 15 is 0 Å². The molecule has 5 rings (SSSR count). The maximum Gasteiger partial charge on any atom is 0.261 e. The third-order valence-electron chi connectivity index (χ3n) is 6.99. The number of nitrogens with one attached hydrogen (secondary N) is 2. The lowest BCUT2D eigenvalue weighted by molar-refractivity contribution is 0.322. The summed E-state index contributed by atoms with van der Waals surface area (Å²) < 4.78 is 45.7. The Bertz CT molecular complexity index is 1390. The van der Waals surface area contributed by atoms with Crippen molar-refractivity contribution in [3.63, 3.8) is 0 Å². The van der Waals surface area contributed by atoms with Gasteiger partial charge in [0, 0.05) is 17.3 Å². The summed E-state index contributed by atoms with van der Waals surface area (Å²) in [6.45, 7) is 1.96. The number of benzene rings is 3. The molecule has 1 aliphatic heterocycles. The van der Waals surface area contributed by atoms with Crippen LogP contribution < -0.4 is 24.2 Å². The maximum absolute atomic E-state index is 13.2. The summed E-state index contributed by atoms with van der Waals surface area (Å²) in [6.07, 6.45) is 5.22. The predicted octanol–water partition coefficient (Wildman–Crippen LogP) is 5.65. The van der Waals surface area contributed by atoms with Crippen LogP contribution in [0.5, 0.6) is 17.2 Å². The summed E-state index contributed by atoms with van der Waals surface area (Å²) in [5.74, 6) is 2.05. The number of methoxy groups -OCH3 is 3. The molecule has 3 aromatic carbocycles. The molecule has 36 heavy (non-hydrogen) atoms. The van der Waals surface area contributed by atoms with Gasteiger partial charge in [-0.1, -0.05) is 29.8 Å². The van der Waals surface area contributed by atoms with Crippen molar-refractivity contribution < 1.29 is 22.6 Å². The van der Waals surface area contributed by atoms with Crippen LogP contribution in [0.25, 0.3) is 0 Å². The molecular weight excluding hydrogens is 476 g/mol. The van der Waals surface area contributed by atoms with E-state index in [0.717, 1.165) is 28.8 Å². The molecule has 3 aromatic rings. The third kappa shape index (κ3) is 4.26. The molecule has 3 atom stereocenters. The number of hydrogen-bond donors (Lipinski definition) is 2. The first kappa shape index (κ1) is 24.1. The van der Waals surface area contributed by atoms with Crippen LogP contribution in [-0.4, -0.2) is 29.7 Å². The van der Waals surface area contributed by atoms with Crippen LogP contribution in [0.3, 0.4) is 0 Å². The van der Waals surface area contributed by atoms with Gasteiger partial charge in [-0.3, -0.25) is 4.72 Å². The number of rotatable bonds is 7. The average Bonchev–Trinajstić information content (AvgIpc) is 3.38. The number of allylic oxidation sites excluding steroid dienone is 2. The van der Waals surface area contributed by atoms with E-state index in [1.165, 1.54) is 0 Å². The second-order valence-corrected chi connectivity index (χ2v) is 10.8. The highest BCUT2D eigenvalue weighted by atomic mass is 32.2. The lowest BCUT2D eigenvalue weighted by Gasteiger charge is -2.38. The minimum Gasteiger partial charge on any atom is -0.493 e. The highest BCUT2D eigenvalue weighted by molar-refractivity contribution is 7.92. The Hall–Kier alpha value is -3.65. The summed E-state index contributed by atoms with van der Waals surface area (Å²) in [6, 6.07) is 16.5. The second-order valence-electron chi connectivity index (χ2n) is 9.15. The molecule has 0 unspecified atom stereocenters. The van der Waals surface area contributed by atoms with E-state index in [2.05, 4.69) is 22.2 Å². The number of fused-ring (bicyclic) bond motifs is 3. The molecule has 0 aromatic heterocycles. The molecule has 2 N–H and O–H groups in total. The molecule has 0 bridgehead atoms. The maximum atomic E-state index is 13.2. The Kier molecular flexibility index (Phi) is 6.30. The molecule has 0 radical (unpaired) electrons. The molecule has 0 saturated carbocycles. The van der Waals surface area contributed by atoms with Gasteiger partial charge in [0.05, 0.1) is 32.3 Å². The van der Waals surface area contributed by atoms with E-state index in [4.69, 9.17) is 14.2 Å². The number of anilines is 2. The molecule has 0 amide bonds. The summed E-state index contributed by atoms with van der Waals surface area (Å²) >= 11 is 0. The highest BCUT2D eigenvalue weighted by Gasteiger charge is 2.39. The minimum absolute atomic E-state index is 0.0145. The molecule has 1 aliphatic carbocycles. The van der Waals surface area contributed by atoms with Crippen LogP contribution in [0.4, 0.5) is 11.4 Å². The average molecular weight is 507 g/mol. The fraction of sp³-hybridized carbons (Fsp3) is 0.286. The molecule has 7 nitrogen and oxygen atoms in total. The van der Waals surface area contributed by atoms with Crippen LogP contribution in [0, 0.1) is 12.8 Å². The highest BCUT2D eigenvalue weighted by Crippen LogP contribution is 2.52. The van der Waals surface area contributed by atoms with Gasteiger partial charge in [-0.2, -0.15) is 0 Å². The summed E-state index contributed by atoms with van der Waals surface area (Å²) in [4.78, 5) is 0.244. The van der Waals surface area contributed by atoms with Crippen molar-refractivity contribution in [2.75, 3.05) is 31.4 Å². The summed E-state index contributed by atoms with van der Waals surface area (Å²) in [5.41, 5.74) is 4.52. The van der Waals surface area contributed by atoms with Crippen LogP contribution in [0.1, 0.15) is 35.1 Å². The van der Waals surface area contributed by atoms with Crippen LogP contribution in [-0.2, 0) is 10.0 Å². The number of hydrogen-bond acceptors (Lipinski definition) is 6. The van der Waals surface area contributed by atoms with Gasteiger partial charge < -0.3 is 19.5 Å². The normalized spacial score (nSPS) is 20.2. The van der Waals surface area contributed by atoms with Crippen molar-refractivity contribution in [1.82, 2.24) is 0 Å². The van der Waals surface area contributed by atoms with Crippen LogP contribution in [0.2, 0.25) is 0 Å². The zero-order valence-corrected chi connectivity index (χ0v) is 21.6. The molecule has 0 saturated heterocycles. The summed E-state index contributed by atoms with van der Waals surface area (Å²) in [7, 11) is 1.08. The molecule has 8 heteroatoms. The summed E-state index contributed by atoms with van der Waals surface area (Å²) in [5, 5.41) is 3.65. The van der Waals surface area contributed by atoms with Crippen molar-refractivity contribution in [1.29, 1.82) is 0 Å². The lowest BCUT2D eigenvalue weighted by atomic mass is 9.77. The van der Waals surface area contributed by atoms with Gasteiger partial charge in [-0.15, -0.1) is 0 Å². The van der Waals surface area contributed by atoms with E-state index in [-0.39, 0.29) is 22.8 Å². The first-order chi connectivity index (χ1) is 17.3. The monoisotopic (exact) mass is 506 g/mol. The Labute approximate surface area is 212 Å². The van der Waals surface area contributed by atoms with Gasteiger partial charge in [-0.05, 0) is 72.9 Å². The lowest BCUT2D eigenvalue weighted by Crippen LogP contribution is -2.29. The van der Waals surface area contributed by atoms with E-state index in [1.54, 1.807) is 45.6 Å². The third-order valence-corrected chi connectivity index (χ3v) is 8.37. The van der Waals surface area contributed by atoms with Crippen molar-refractivity contribution in [3.05, 3.63) is 83.4 Å². The number of sulfonamides is 1. The topological polar surface area (TPSA) is 85.9 Å². The Morgan fingerprint density at radius 3 is 2.25 bits per heavy atom. The van der Waals surface area contributed by atoms with Gasteiger partial charge >= 0.3 is 0 Å². The van der Waals surface area contributed by atoms with Gasteiger partial charge in [0.1, 0.15) is 0 Å². The first-order valence-corrected chi connectivity index (χ1v) is 13.3. The van der Waals surface area contributed by atoms with E-state index < -0.39 is 10.0 Å². The fourth-order valence-electron chi connectivity index (χ4n) is 5.19. The Morgan fingerprint density at radius 2 is 1.61 bits per heavy atom. The number of aryl methyl sites for hydroxylation is 1. The largest absolute Gasteiger partial charge is 0.493 e. The smallest absolute Gasteiger partial charge is 0.261 e. The van der Waals surface area contributed by atoms with Gasteiger partial charge in [0.25, 0.3) is 10.0 Å². The molecule has 0 fully saturated rings. The second kappa shape index (κ2) is 9.43. The quantitative estimate of drug-likeness (QED) is 0.403. The van der Waals surface area contributed by atoms with Gasteiger partial charge in [-0.25, -0.2) is 8.42 Å². The van der Waals surface area contributed by atoms with Crippen molar-refractivity contribution in [2.45, 2.75) is 30.2 Å². The minimum atomic E-state index is -3.73. The number of ether oxygens (including phenoxy) is 3. The fourth-order valence-corrected chi connectivity index (χ4v) is 6.28. The molecule has 0 spiro atoms. The standard InChI is InChI=1S/C28H30N2O5S/c1-17-8-10-19(11-9-17)30-36(31,32)20-12-13-24-23(16-20)21-6-5-7-22(21)27(29-24)18-14-25(33-2)28(35-4)26(15-18)34-3/h5-6,8-16,21-22,27,29-30H,7H2,1-4H3/t21-,22+,27+/m0/s1.